The van der Waals surface area contributed by atoms with Crippen LogP contribution in [-0.4, -0.2) is 12.6 Å². The van der Waals surface area contributed by atoms with Gasteiger partial charge in [-0.2, -0.15) is 0 Å². The lowest BCUT2D eigenvalue weighted by molar-refractivity contribution is -0.0317. The first-order chi connectivity index (χ1) is 9.22. The number of benzene rings is 1. The highest BCUT2D eigenvalue weighted by Gasteiger charge is 2.58. The fraction of sp³-hybridized carbons (Fsp3) is 0.667. The highest BCUT2D eigenvalue weighted by Crippen LogP contribution is 2.61. The highest BCUT2D eigenvalue weighted by molar-refractivity contribution is 5.38. The maximum atomic E-state index is 3.78. The molecule has 0 saturated heterocycles. The lowest BCUT2D eigenvalue weighted by Gasteiger charge is -2.61. The minimum atomic E-state index is 0.446. The smallest absolute Gasteiger partial charge is 0.0161 e. The number of fused-ring (bicyclic) bond motifs is 3. The molecule has 0 heterocycles. The third kappa shape index (κ3) is 1.86. The quantitative estimate of drug-likeness (QED) is 0.858. The Balaban J connectivity index is 2.00. The lowest BCUT2D eigenvalue weighted by atomic mass is 9.47. The van der Waals surface area contributed by atoms with E-state index in [0.29, 0.717) is 5.41 Å². The molecule has 0 amide bonds. The Labute approximate surface area is 117 Å². The maximum absolute atomic E-state index is 3.78. The molecule has 0 radical (unpaired) electrons. The summed E-state index contributed by atoms with van der Waals surface area (Å²) in [6.07, 6.45) is 5.31. The Morgan fingerprint density at radius 2 is 2.05 bits per heavy atom. The molecule has 19 heavy (non-hydrogen) atoms. The molecule has 1 aromatic rings. The predicted octanol–water partition coefficient (Wildman–Crippen LogP) is 4.13. The zero-order chi connectivity index (χ0) is 13.5. The molecule has 4 atom stereocenters. The Bertz CT molecular complexity index is 453. The summed E-state index contributed by atoms with van der Waals surface area (Å²) < 4.78 is 0. The van der Waals surface area contributed by atoms with Gasteiger partial charge in [0.05, 0.1) is 0 Å². The molecule has 1 heteroatoms. The van der Waals surface area contributed by atoms with Gasteiger partial charge in [0, 0.05) is 6.04 Å². The molecule has 0 aliphatic heterocycles. The van der Waals surface area contributed by atoms with Crippen molar-refractivity contribution in [3.63, 3.8) is 0 Å². The van der Waals surface area contributed by atoms with Crippen LogP contribution in [0.15, 0.2) is 24.3 Å². The minimum Gasteiger partial charge on any atom is -0.313 e. The van der Waals surface area contributed by atoms with Gasteiger partial charge in [0.15, 0.2) is 0 Å². The van der Waals surface area contributed by atoms with Gasteiger partial charge in [-0.3, -0.25) is 0 Å². The van der Waals surface area contributed by atoms with E-state index in [2.05, 4.69) is 50.4 Å². The van der Waals surface area contributed by atoms with Gasteiger partial charge in [0.2, 0.25) is 0 Å². The van der Waals surface area contributed by atoms with Crippen molar-refractivity contribution in [3.8, 4) is 0 Å². The van der Waals surface area contributed by atoms with Crippen LogP contribution >= 0.6 is 0 Å². The van der Waals surface area contributed by atoms with E-state index in [9.17, 15) is 0 Å². The number of aryl methyl sites for hydroxylation is 1. The molecule has 1 aromatic carbocycles. The molecule has 2 aliphatic carbocycles. The van der Waals surface area contributed by atoms with Crippen molar-refractivity contribution in [1.82, 2.24) is 5.32 Å². The Morgan fingerprint density at radius 3 is 2.79 bits per heavy atom. The van der Waals surface area contributed by atoms with Gasteiger partial charge in [0.1, 0.15) is 0 Å². The van der Waals surface area contributed by atoms with Gasteiger partial charge in [-0.1, -0.05) is 45.0 Å². The summed E-state index contributed by atoms with van der Waals surface area (Å²) in [5.41, 5.74) is 3.72. The molecule has 1 nitrogen and oxygen atoms in total. The summed E-state index contributed by atoms with van der Waals surface area (Å²) in [6, 6.07) is 9.92. The largest absolute Gasteiger partial charge is 0.313 e. The summed E-state index contributed by atoms with van der Waals surface area (Å²) in [4.78, 5) is 0. The third-order valence-electron chi connectivity index (χ3n) is 5.84. The average molecular weight is 257 g/mol. The van der Waals surface area contributed by atoms with E-state index in [1.807, 2.05) is 0 Å². The third-order valence-corrected chi connectivity index (χ3v) is 5.84. The first kappa shape index (κ1) is 13.2. The first-order valence-electron chi connectivity index (χ1n) is 8.03. The SMILES string of the molecule is CCNC1C2CCCc3ccccc3C2C1(C)CC. The van der Waals surface area contributed by atoms with E-state index in [0.717, 1.165) is 24.4 Å². The van der Waals surface area contributed by atoms with Crippen LogP contribution in [0, 0.1) is 11.3 Å². The first-order valence-corrected chi connectivity index (χ1v) is 8.03. The summed E-state index contributed by atoms with van der Waals surface area (Å²) in [6.45, 7) is 8.22. The zero-order valence-corrected chi connectivity index (χ0v) is 12.6. The number of rotatable bonds is 3. The van der Waals surface area contributed by atoms with Crippen molar-refractivity contribution < 1.29 is 0 Å². The van der Waals surface area contributed by atoms with Crippen LogP contribution in [0.2, 0.25) is 0 Å². The Kier molecular flexibility index (Phi) is 3.42. The second kappa shape index (κ2) is 4.94. The van der Waals surface area contributed by atoms with Crippen molar-refractivity contribution in [3.05, 3.63) is 35.4 Å². The van der Waals surface area contributed by atoms with Crippen LogP contribution in [0.4, 0.5) is 0 Å². The minimum absolute atomic E-state index is 0.446. The molecular weight excluding hydrogens is 230 g/mol. The second-order valence-electron chi connectivity index (χ2n) is 6.63. The van der Waals surface area contributed by atoms with Gasteiger partial charge >= 0.3 is 0 Å². The van der Waals surface area contributed by atoms with E-state index in [-0.39, 0.29) is 0 Å². The normalized spacial score (nSPS) is 36.9. The van der Waals surface area contributed by atoms with Crippen molar-refractivity contribution in [2.24, 2.45) is 11.3 Å². The predicted molar refractivity (Wildman–Crippen MR) is 81.5 cm³/mol. The fourth-order valence-corrected chi connectivity index (χ4v) is 4.80. The molecular formula is C18H27N. The lowest BCUT2D eigenvalue weighted by Crippen LogP contribution is -2.63. The van der Waals surface area contributed by atoms with Crippen molar-refractivity contribution in [1.29, 1.82) is 0 Å². The molecule has 4 unspecified atom stereocenters. The highest BCUT2D eigenvalue weighted by atomic mass is 15.0. The molecule has 1 fully saturated rings. The van der Waals surface area contributed by atoms with Crippen molar-refractivity contribution >= 4 is 0 Å². The summed E-state index contributed by atoms with van der Waals surface area (Å²) >= 11 is 0. The average Bonchev–Trinajstić information content (AvgIpc) is 2.61. The van der Waals surface area contributed by atoms with E-state index >= 15 is 0 Å². The van der Waals surface area contributed by atoms with Crippen LogP contribution in [0.5, 0.6) is 0 Å². The van der Waals surface area contributed by atoms with Gasteiger partial charge in [-0.15, -0.1) is 0 Å². The van der Waals surface area contributed by atoms with Gasteiger partial charge in [-0.05, 0) is 60.6 Å². The standard InChI is InChI=1S/C18H27N/c1-4-18(3)16-14-11-7-6-9-13(14)10-8-12-15(16)17(18)19-5-2/h6-7,9,11,15-17,19H,4-5,8,10,12H2,1-3H3. The Morgan fingerprint density at radius 1 is 1.26 bits per heavy atom. The van der Waals surface area contributed by atoms with Gasteiger partial charge < -0.3 is 5.32 Å². The number of hydrogen-bond acceptors (Lipinski definition) is 1. The zero-order valence-electron chi connectivity index (χ0n) is 12.6. The van der Waals surface area contributed by atoms with Gasteiger partial charge in [-0.25, -0.2) is 0 Å². The van der Waals surface area contributed by atoms with E-state index in [4.69, 9.17) is 0 Å². The summed E-state index contributed by atoms with van der Waals surface area (Å²) in [7, 11) is 0. The van der Waals surface area contributed by atoms with Crippen LogP contribution < -0.4 is 5.32 Å². The Hall–Kier alpha value is -0.820. The second-order valence-corrected chi connectivity index (χ2v) is 6.63. The van der Waals surface area contributed by atoms with Crippen LogP contribution in [0.25, 0.3) is 0 Å². The molecule has 104 valence electrons. The summed E-state index contributed by atoms with van der Waals surface area (Å²) in [5.74, 6) is 1.63. The molecule has 2 aliphatic rings. The molecule has 3 rings (SSSR count). The molecule has 0 spiro atoms. The number of nitrogens with one attached hydrogen (secondary N) is 1. The maximum Gasteiger partial charge on any atom is 0.0161 e. The number of hydrogen-bond donors (Lipinski definition) is 1. The van der Waals surface area contributed by atoms with E-state index < -0.39 is 0 Å². The van der Waals surface area contributed by atoms with E-state index in [1.165, 1.54) is 25.7 Å². The fourth-order valence-electron chi connectivity index (χ4n) is 4.80. The van der Waals surface area contributed by atoms with Crippen molar-refractivity contribution in [2.75, 3.05) is 6.54 Å². The molecule has 0 aromatic heterocycles. The van der Waals surface area contributed by atoms with E-state index in [1.54, 1.807) is 11.1 Å². The van der Waals surface area contributed by atoms with Crippen molar-refractivity contribution in [2.45, 2.75) is 58.4 Å². The van der Waals surface area contributed by atoms with Crippen LogP contribution in [0.1, 0.15) is 57.1 Å². The molecule has 0 bridgehead atoms. The molecule has 1 N–H and O–H groups in total. The van der Waals surface area contributed by atoms with Crippen LogP contribution in [-0.2, 0) is 6.42 Å². The molecule has 1 saturated carbocycles. The topological polar surface area (TPSA) is 12.0 Å². The summed E-state index contributed by atoms with van der Waals surface area (Å²) in [5, 5.41) is 3.78. The monoisotopic (exact) mass is 257 g/mol. The van der Waals surface area contributed by atoms with Gasteiger partial charge in [0.25, 0.3) is 0 Å². The van der Waals surface area contributed by atoms with Crippen LogP contribution in [0.3, 0.4) is 0 Å².